The first-order valence-corrected chi connectivity index (χ1v) is 15.6. The van der Waals surface area contributed by atoms with Crippen LogP contribution in [0.1, 0.15) is 64.7 Å². The molecule has 1 aliphatic carbocycles. The number of hydrogen-bond donors (Lipinski definition) is 1. The molecule has 4 aliphatic rings. The Hall–Kier alpha value is -3.48. The lowest BCUT2D eigenvalue weighted by molar-refractivity contribution is -0.355. The number of benzene rings is 1. The van der Waals surface area contributed by atoms with Crippen LogP contribution in [0.3, 0.4) is 0 Å². The molecule has 4 fully saturated rings. The molecule has 3 aliphatic heterocycles. The van der Waals surface area contributed by atoms with Gasteiger partial charge in [-0.1, -0.05) is 38.6 Å². The van der Waals surface area contributed by atoms with Crippen molar-refractivity contribution >= 4 is 41.4 Å². The molecule has 2 bridgehead atoms. The van der Waals surface area contributed by atoms with Crippen molar-refractivity contribution in [3.8, 4) is 0 Å². The summed E-state index contributed by atoms with van der Waals surface area (Å²) in [5.74, 6) is -8.67. The van der Waals surface area contributed by atoms with Crippen molar-refractivity contribution in [2.45, 2.75) is 102 Å². The fraction of sp³-hybridized carbons (Fsp3) is 0.606. The van der Waals surface area contributed by atoms with Crippen LogP contribution in [0.2, 0.25) is 0 Å². The summed E-state index contributed by atoms with van der Waals surface area (Å²) in [4.78, 5) is 64.9. The molecule has 1 aromatic rings. The van der Waals surface area contributed by atoms with Gasteiger partial charge >= 0.3 is 29.8 Å². The van der Waals surface area contributed by atoms with Gasteiger partial charge in [0.2, 0.25) is 0 Å². The molecule has 0 aromatic heterocycles. The molecule has 1 spiro atoms. The number of ether oxygens (including phenoxy) is 6. The van der Waals surface area contributed by atoms with E-state index in [1.54, 1.807) is 44.2 Å². The van der Waals surface area contributed by atoms with Crippen LogP contribution in [-0.2, 0) is 47.6 Å². The van der Waals surface area contributed by atoms with Gasteiger partial charge in [0.25, 0.3) is 0 Å². The van der Waals surface area contributed by atoms with Crippen LogP contribution in [0.15, 0.2) is 42.5 Å². The zero-order valence-corrected chi connectivity index (χ0v) is 27.3. The lowest BCUT2D eigenvalue weighted by Crippen LogP contribution is -2.76. The maximum absolute atomic E-state index is 13.4. The summed E-state index contributed by atoms with van der Waals surface area (Å²) in [7, 11) is 0. The number of esters is 5. The Labute approximate surface area is 271 Å². The molecule has 46 heavy (non-hydrogen) atoms. The Morgan fingerprint density at radius 2 is 1.54 bits per heavy atom. The second-order valence-corrected chi connectivity index (χ2v) is 13.4. The van der Waals surface area contributed by atoms with Crippen LogP contribution in [0.5, 0.6) is 0 Å². The molecule has 0 amide bonds. The van der Waals surface area contributed by atoms with E-state index in [0.29, 0.717) is 0 Å². The molecular weight excluding hydrogens is 624 g/mol. The molecule has 12 atom stereocenters. The highest BCUT2D eigenvalue weighted by molar-refractivity contribution is 6.23. The Bertz CT molecular complexity index is 1450. The Morgan fingerprint density at radius 3 is 2.13 bits per heavy atom. The second-order valence-electron chi connectivity index (χ2n) is 13.0. The van der Waals surface area contributed by atoms with Crippen LogP contribution < -0.4 is 0 Å². The van der Waals surface area contributed by atoms with E-state index in [4.69, 9.17) is 40.0 Å². The fourth-order valence-corrected chi connectivity index (χ4v) is 8.49. The SMILES string of the molecule is C=C1[C@H](Cl)[C@@H]2OC(=O)[C@H](C)[C@]23O[C@@]1(O)C[C@H](OC(C)=O)[C@]1(C)[C@H]([C@@H](C)[C@H](OC(=O)c2ccccc2)C[C@@H]1OC(C)=O)[C@@H]3OC(C)=O. The third-order valence-electron chi connectivity index (χ3n) is 10.3. The monoisotopic (exact) mass is 662 g/mol. The number of aliphatic hydroxyl groups is 1. The molecule has 5 rings (SSSR count). The zero-order valence-electron chi connectivity index (χ0n) is 26.5. The van der Waals surface area contributed by atoms with Crippen LogP contribution in [0.25, 0.3) is 0 Å². The van der Waals surface area contributed by atoms with Crippen molar-refractivity contribution in [1.29, 1.82) is 0 Å². The van der Waals surface area contributed by atoms with Gasteiger partial charge in [0.15, 0.2) is 17.5 Å². The third-order valence-corrected chi connectivity index (χ3v) is 10.8. The van der Waals surface area contributed by atoms with Gasteiger partial charge in [-0.15, -0.1) is 11.6 Å². The summed E-state index contributed by atoms with van der Waals surface area (Å²) in [6.45, 7) is 12.5. The minimum atomic E-state index is -2.31. The minimum Gasteiger partial charge on any atom is -0.462 e. The maximum atomic E-state index is 13.4. The van der Waals surface area contributed by atoms with Crippen molar-refractivity contribution in [2.75, 3.05) is 0 Å². The molecular formula is C33H39ClO12. The van der Waals surface area contributed by atoms with E-state index < -0.39 is 107 Å². The van der Waals surface area contributed by atoms with E-state index in [1.165, 1.54) is 27.7 Å². The summed E-state index contributed by atoms with van der Waals surface area (Å²) < 4.78 is 36.2. The predicted molar refractivity (Wildman–Crippen MR) is 159 cm³/mol. The van der Waals surface area contributed by atoms with Gasteiger partial charge in [0.05, 0.1) is 16.9 Å². The highest BCUT2D eigenvalue weighted by Crippen LogP contribution is 2.63. The minimum absolute atomic E-state index is 0.0311. The number of halogens is 1. The molecule has 3 heterocycles. The average molecular weight is 663 g/mol. The molecule has 0 radical (unpaired) electrons. The summed E-state index contributed by atoms with van der Waals surface area (Å²) in [5.41, 5.74) is -3.10. The molecule has 13 heteroatoms. The molecule has 12 nitrogen and oxygen atoms in total. The van der Waals surface area contributed by atoms with Gasteiger partial charge < -0.3 is 33.5 Å². The van der Waals surface area contributed by atoms with Gasteiger partial charge in [-0.25, -0.2) is 4.79 Å². The van der Waals surface area contributed by atoms with E-state index in [2.05, 4.69) is 6.58 Å². The average Bonchev–Trinajstić information content (AvgIpc) is 3.22. The number of alkyl halides is 1. The number of carbonyl (C=O) groups is 5. The Balaban J connectivity index is 1.77. The quantitative estimate of drug-likeness (QED) is 0.212. The lowest BCUT2D eigenvalue weighted by Gasteiger charge is -2.63. The van der Waals surface area contributed by atoms with Crippen molar-refractivity contribution in [1.82, 2.24) is 0 Å². The highest BCUT2D eigenvalue weighted by atomic mass is 35.5. The summed E-state index contributed by atoms with van der Waals surface area (Å²) in [5, 5.41) is 11.0. The molecule has 1 saturated carbocycles. The van der Waals surface area contributed by atoms with Gasteiger partial charge in [-0.2, -0.15) is 0 Å². The topological polar surface area (TPSA) is 161 Å². The number of hydrogen-bond acceptors (Lipinski definition) is 12. The fourth-order valence-electron chi connectivity index (χ4n) is 8.07. The highest BCUT2D eigenvalue weighted by Gasteiger charge is 2.77. The van der Waals surface area contributed by atoms with E-state index >= 15 is 0 Å². The van der Waals surface area contributed by atoms with E-state index in [1.807, 2.05) is 0 Å². The number of carbonyl (C=O) groups excluding carboxylic acids is 5. The smallest absolute Gasteiger partial charge is 0.338 e. The summed E-state index contributed by atoms with van der Waals surface area (Å²) in [6, 6.07) is 8.31. The van der Waals surface area contributed by atoms with Gasteiger partial charge in [-0.05, 0) is 19.1 Å². The van der Waals surface area contributed by atoms with Crippen LogP contribution in [-0.4, -0.2) is 82.2 Å². The van der Waals surface area contributed by atoms with Gasteiger partial charge in [0.1, 0.15) is 24.4 Å². The predicted octanol–water partition coefficient (Wildman–Crippen LogP) is 3.26. The van der Waals surface area contributed by atoms with Crippen molar-refractivity contribution < 1.29 is 57.5 Å². The van der Waals surface area contributed by atoms with Gasteiger partial charge in [-0.3, -0.25) is 19.2 Å². The first kappa shape index (κ1) is 33.9. The van der Waals surface area contributed by atoms with Crippen molar-refractivity contribution in [3.63, 3.8) is 0 Å². The summed E-state index contributed by atoms with van der Waals surface area (Å²) in [6.07, 6.45) is -6.47. The number of fused-ring (bicyclic) bond motifs is 2. The van der Waals surface area contributed by atoms with Gasteiger partial charge in [0, 0.05) is 56.4 Å². The normalized spacial score (nSPS) is 41.4. The first-order chi connectivity index (χ1) is 21.5. The van der Waals surface area contributed by atoms with Crippen molar-refractivity contribution in [3.05, 3.63) is 48.0 Å². The zero-order chi connectivity index (χ0) is 33.9. The number of rotatable bonds is 5. The Kier molecular flexibility index (Phi) is 8.80. The standard InChI is InChI=1S/C33H39ClO12/c1-15-22(44-30(39)21-11-9-8-10-12-21)13-23(41-18(4)35)31(7)24(42-19(5)36)14-32(40)16(2)26(34)28-33(46-32,17(3)29(38)45-28)27(25(15)31)43-20(6)37/h8-12,15,17,22-28,40H,2,13-14H2,1,3-7H3/t15-,17-,22+,23-,24-,25+,26-,27-,28-,31+,32-,33+/m0/s1. The first-order valence-electron chi connectivity index (χ1n) is 15.2. The Morgan fingerprint density at radius 1 is 0.957 bits per heavy atom. The van der Waals surface area contributed by atoms with E-state index in [0.717, 1.165) is 0 Å². The van der Waals surface area contributed by atoms with Crippen LogP contribution in [0, 0.1) is 23.2 Å². The van der Waals surface area contributed by atoms with Crippen molar-refractivity contribution in [2.24, 2.45) is 23.2 Å². The summed E-state index contributed by atoms with van der Waals surface area (Å²) >= 11 is 6.87. The van der Waals surface area contributed by atoms with Crippen LogP contribution >= 0.6 is 11.6 Å². The largest absolute Gasteiger partial charge is 0.462 e. The van der Waals surface area contributed by atoms with E-state index in [9.17, 15) is 29.1 Å². The molecule has 1 N–H and O–H groups in total. The second kappa shape index (κ2) is 12.0. The maximum Gasteiger partial charge on any atom is 0.338 e. The molecule has 250 valence electrons. The molecule has 3 saturated heterocycles. The molecule has 0 unspecified atom stereocenters. The lowest BCUT2D eigenvalue weighted by atomic mass is 9.51. The third kappa shape index (κ3) is 5.28. The van der Waals surface area contributed by atoms with Crippen LogP contribution in [0.4, 0.5) is 0 Å². The van der Waals surface area contributed by atoms with E-state index in [-0.39, 0.29) is 17.6 Å². The molecule has 1 aromatic carbocycles.